The number of carbonyl (C=O) groups is 1. The van der Waals surface area contributed by atoms with Crippen LogP contribution in [0.2, 0.25) is 0 Å². The topological polar surface area (TPSA) is 70.7 Å². The molecule has 8 heteroatoms. The number of allylic oxidation sites excluding steroid dienone is 6. The van der Waals surface area contributed by atoms with Gasteiger partial charge in [-0.25, -0.2) is 13.2 Å². The zero-order valence-corrected chi connectivity index (χ0v) is 22.8. The average Bonchev–Trinajstić information content (AvgIpc) is 3.28. The molecule has 0 aliphatic heterocycles. The molecule has 5 nitrogen and oxygen atoms in total. The monoisotopic (exact) mass is 548 g/mol. The van der Waals surface area contributed by atoms with Gasteiger partial charge in [-0.15, -0.1) is 0 Å². The second-order valence-corrected chi connectivity index (χ2v) is 10.9. The zero-order valence-electron chi connectivity index (χ0n) is 22.8. The molecule has 0 saturated heterocycles. The van der Waals surface area contributed by atoms with Gasteiger partial charge >= 0.3 is 0 Å². The Hall–Kier alpha value is -3.68. The van der Waals surface area contributed by atoms with Crippen LogP contribution < -0.4 is 5.32 Å². The zero-order chi connectivity index (χ0) is 28.1. The molecular weight excluding hydrogens is 513 g/mol. The fourth-order valence-electron chi connectivity index (χ4n) is 5.69. The molecule has 0 radical (unpaired) electrons. The number of amides is 1. The Bertz CT molecular complexity index is 1470. The van der Waals surface area contributed by atoms with Crippen molar-refractivity contribution in [3.05, 3.63) is 83.1 Å². The third-order valence-electron chi connectivity index (χ3n) is 7.99. The summed E-state index contributed by atoms with van der Waals surface area (Å²) in [5.41, 5.74) is 5.38. The highest BCUT2D eigenvalue weighted by Crippen LogP contribution is 2.36. The second kappa shape index (κ2) is 12.2. The quantitative estimate of drug-likeness (QED) is 0.323. The van der Waals surface area contributed by atoms with Gasteiger partial charge in [0.2, 0.25) is 5.92 Å². The van der Waals surface area contributed by atoms with Crippen molar-refractivity contribution in [3.8, 4) is 0 Å². The molecule has 1 saturated carbocycles. The molecule has 210 valence electrons. The summed E-state index contributed by atoms with van der Waals surface area (Å²) in [5, 5.41) is 10.3. The number of anilines is 1. The fraction of sp³-hybridized carbons (Fsp3) is 0.406. The van der Waals surface area contributed by atoms with Gasteiger partial charge in [-0.05, 0) is 73.8 Å². The van der Waals surface area contributed by atoms with Crippen LogP contribution in [0.4, 0.5) is 18.9 Å². The number of carbonyl (C=O) groups excluding carboxylic acids is 1. The summed E-state index contributed by atoms with van der Waals surface area (Å²) in [5.74, 6) is -3.24. The number of rotatable bonds is 6. The molecule has 2 aromatic heterocycles. The largest absolute Gasteiger partial charge is 0.317 e. The molecule has 2 aliphatic rings. The number of benzene rings is 1. The molecule has 3 aromatic rings. The van der Waals surface area contributed by atoms with Crippen molar-refractivity contribution in [1.82, 2.24) is 15.2 Å². The van der Waals surface area contributed by atoms with Gasteiger partial charge in [-0.2, -0.15) is 5.10 Å². The van der Waals surface area contributed by atoms with Gasteiger partial charge in [0.1, 0.15) is 5.82 Å². The summed E-state index contributed by atoms with van der Waals surface area (Å²) >= 11 is 0. The van der Waals surface area contributed by atoms with Crippen LogP contribution in [-0.2, 0) is 0 Å². The van der Waals surface area contributed by atoms with Crippen molar-refractivity contribution in [1.29, 1.82) is 0 Å². The minimum Gasteiger partial charge on any atom is -0.317 e. The molecule has 0 spiro atoms. The molecule has 1 amide bonds. The second-order valence-electron chi connectivity index (χ2n) is 10.9. The third kappa shape index (κ3) is 6.72. The number of H-pyrrole nitrogens is 1. The smallest absolute Gasteiger partial charge is 0.276 e. The predicted molar refractivity (Wildman–Crippen MR) is 153 cm³/mol. The number of fused-ring (bicyclic) bond motifs is 1. The van der Waals surface area contributed by atoms with Crippen LogP contribution in [0.5, 0.6) is 0 Å². The molecule has 1 aromatic carbocycles. The average molecular weight is 549 g/mol. The number of aromatic nitrogens is 3. The van der Waals surface area contributed by atoms with E-state index < -0.39 is 17.6 Å². The highest BCUT2D eigenvalue weighted by molar-refractivity contribution is 6.11. The van der Waals surface area contributed by atoms with Gasteiger partial charge < -0.3 is 5.32 Å². The lowest BCUT2D eigenvalue weighted by molar-refractivity contribution is -0.0192. The van der Waals surface area contributed by atoms with Crippen LogP contribution in [-0.4, -0.2) is 27.0 Å². The van der Waals surface area contributed by atoms with Gasteiger partial charge in [-0.3, -0.25) is 14.9 Å². The maximum absolute atomic E-state index is 14.1. The molecule has 1 fully saturated rings. The van der Waals surface area contributed by atoms with E-state index in [4.69, 9.17) is 0 Å². The van der Waals surface area contributed by atoms with E-state index in [-0.39, 0.29) is 24.2 Å². The summed E-state index contributed by atoms with van der Waals surface area (Å²) in [4.78, 5) is 16.9. The van der Waals surface area contributed by atoms with E-state index in [1.807, 2.05) is 18.2 Å². The van der Waals surface area contributed by atoms with Crippen molar-refractivity contribution >= 4 is 28.1 Å². The Morgan fingerprint density at radius 2 is 1.95 bits per heavy atom. The van der Waals surface area contributed by atoms with E-state index >= 15 is 0 Å². The molecule has 5 rings (SSSR count). The van der Waals surface area contributed by atoms with Crippen LogP contribution in [0.1, 0.15) is 87.2 Å². The number of pyridine rings is 1. The first-order valence-corrected chi connectivity index (χ1v) is 14.2. The maximum Gasteiger partial charge on any atom is 0.276 e. The first-order valence-electron chi connectivity index (χ1n) is 14.2. The van der Waals surface area contributed by atoms with Gasteiger partial charge in [0, 0.05) is 24.4 Å². The molecule has 1 unspecified atom stereocenters. The maximum atomic E-state index is 14.1. The van der Waals surface area contributed by atoms with Crippen LogP contribution in [0.3, 0.4) is 0 Å². The highest BCUT2D eigenvalue weighted by Gasteiger charge is 2.29. The van der Waals surface area contributed by atoms with Crippen molar-refractivity contribution in [2.75, 3.05) is 5.32 Å². The van der Waals surface area contributed by atoms with E-state index in [0.717, 1.165) is 49.7 Å². The first-order chi connectivity index (χ1) is 19.3. The number of nitrogens with zero attached hydrogens (tertiary/aromatic N) is 2. The van der Waals surface area contributed by atoms with E-state index in [9.17, 15) is 18.0 Å². The number of hydrogen-bond acceptors (Lipinski definition) is 3. The van der Waals surface area contributed by atoms with E-state index in [1.54, 1.807) is 0 Å². The molecule has 2 N–H and O–H groups in total. The first kappa shape index (κ1) is 27.9. The van der Waals surface area contributed by atoms with Gasteiger partial charge in [0.15, 0.2) is 5.69 Å². The Morgan fingerprint density at radius 3 is 2.77 bits per heavy atom. The van der Waals surface area contributed by atoms with E-state index in [1.165, 1.54) is 29.6 Å². The SMILES string of the molecule is CCC1=CC(c2ccc3[nH]nc(C(=O)Nc4cnccc4F)c3c2)=CC(CC2CCCCC(F)(F)CCC2)=CC1. The summed E-state index contributed by atoms with van der Waals surface area (Å²) in [6.07, 6.45) is 15.7. The van der Waals surface area contributed by atoms with Gasteiger partial charge in [0.05, 0.1) is 17.4 Å². The van der Waals surface area contributed by atoms with Crippen LogP contribution in [0.25, 0.3) is 16.5 Å². The van der Waals surface area contributed by atoms with Crippen LogP contribution in [0, 0.1) is 11.7 Å². The van der Waals surface area contributed by atoms with Crippen LogP contribution >= 0.6 is 0 Å². The lowest BCUT2D eigenvalue weighted by atomic mass is 9.89. The van der Waals surface area contributed by atoms with Crippen LogP contribution in [0.15, 0.2) is 66.0 Å². The lowest BCUT2D eigenvalue weighted by Crippen LogP contribution is -2.14. The van der Waals surface area contributed by atoms with E-state index in [2.05, 4.69) is 45.6 Å². The standard InChI is InChI=1S/C32H35F3N4O/c1-2-21-8-9-23(16-22-6-3-4-13-32(34,35)14-5-7-22)18-25(17-21)24-10-11-28-26(19-24)30(39-38-28)31(40)37-29-20-36-15-12-27(29)33/h9-12,15,17-20,22H,2-8,13-14,16H2,1H3,(H,37,40)(H,38,39). The number of aromatic amines is 1. The normalized spacial score (nSPS) is 19.9. The van der Waals surface area contributed by atoms with Gasteiger partial charge in [0.25, 0.3) is 5.91 Å². The van der Waals surface area contributed by atoms with Crippen molar-refractivity contribution < 1.29 is 18.0 Å². The summed E-state index contributed by atoms with van der Waals surface area (Å²) in [6, 6.07) is 7.02. The van der Waals surface area contributed by atoms with Crippen molar-refractivity contribution in [3.63, 3.8) is 0 Å². The summed E-state index contributed by atoms with van der Waals surface area (Å²) < 4.78 is 42.1. The number of halogens is 3. The number of hydrogen-bond donors (Lipinski definition) is 2. The molecule has 2 aliphatic carbocycles. The van der Waals surface area contributed by atoms with Crippen molar-refractivity contribution in [2.24, 2.45) is 5.92 Å². The summed E-state index contributed by atoms with van der Waals surface area (Å²) in [7, 11) is 0. The molecule has 2 heterocycles. The minimum atomic E-state index is -2.53. The minimum absolute atomic E-state index is 0.00389. The summed E-state index contributed by atoms with van der Waals surface area (Å²) in [6.45, 7) is 2.14. The van der Waals surface area contributed by atoms with Gasteiger partial charge in [-0.1, -0.05) is 55.2 Å². The Kier molecular flexibility index (Phi) is 8.52. The Balaban J connectivity index is 1.40. The number of nitrogens with one attached hydrogen (secondary N) is 2. The lowest BCUT2D eigenvalue weighted by Gasteiger charge is -2.17. The molecular formula is C32H35F3N4O. The highest BCUT2D eigenvalue weighted by atomic mass is 19.3. The fourth-order valence-corrected chi connectivity index (χ4v) is 5.69. The van der Waals surface area contributed by atoms with Crippen molar-refractivity contribution in [2.45, 2.75) is 77.1 Å². The number of alkyl halides is 2. The third-order valence-corrected chi connectivity index (χ3v) is 7.99. The predicted octanol–water partition coefficient (Wildman–Crippen LogP) is 8.79. The Labute approximate surface area is 232 Å². The molecule has 1 atom stereocenters. The molecule has 0 bridgehead atoms. The Morgan fingerprint density at radius 1 is 1.12 bits per heavy atom. The molecule has 40 heavy (non-hydrogen) atoms. The van der Waals surface area contributed by atoms with E-state index in [0.29, 0.717) is 29.7 Å².